The molecule has 0 saturated carbocycles. The second-order valence-corrected chi connectivity index (χ2v) is 6.69. The fourth-order valence-electron chi connectivity index (χ4n) is 3.32. The highest BCUT2D eigenvalue weighted by molar-refractivity contribution is 7.80. The maximum absolute atomic E-state index is 5.75. The molecule has 1 aromatic carbocycles. The van der Waals surface area contributed by atoms with Crippen LogP contribution in [0.4, 0.5) is 5.69 Å². The third-order valence-corrected chi connectivity index (χ3v) is 4.94. The molecule has 0 bridgehead atoms. The molecule has 3 heterocycles. The Labute approximate surface area is 153 Å². The molecule has 0 spiro atoms. The second kappa shape index (κ2) is 6.69. The molecule has 5 heteroatoms. The number of anilines is 1. The Kier molecular flexibility index (Phi) is 4.24. The SMILES string of the molecule is Cc1ccc(NC(=S)N2CCn3cccc3[C@@H]2c2cccnc2)cc1. The summed E-state index contributed by atoms with van der Waals surface area (Å²) in [6.07, 6.45) is 5.86. The highest BCUT2D eigenvalue weighted by atomic mass is 32.1. The molecule has 0 amide bonds. The first kappa shape index (κ1) is 15.8. The first-order chi connectivity index (χ1) is 12.2. The lowest BCUT2D eigenvalue weighted by Crippen LogP contribution is -2.44. The normalized spacial score (nSPS) is 16.4. The largest absolute Gasteiger partial charge is 0.348 e. The first-order valence-electron chi connectivity index (χ1n) is 8.41. The molecule has 2 aromatic heterocycles. The maximum atomic E-state index is 5.75. The summed E-state index contributed by atoms with van der Waals surface area (Å²) in [5.74, 6) is 0. The number of aromatic nitrogens is 2. The van der Waals surface area contributed by atoms with E-state index in [-0.39, 0.29) is 6.04 Å². The number of nitrogens with zero attached hydrogens (tertiary/aromatic N) is 3. The highest BCUT2D eigenvalue weighted by Gasteiger charge is 2.30. The number of pyridine rings is 1. The number of benzene rings is 1. The smallest absolute Gasteiger partial charge is 0.174 e. The van der Waals surface area contributed by atoms with Gasteiger partial charge >= 0.3 is 0 Å². The van der Waals surface area contributed by atoms with E-state index in [0.29, 0.717) is 0 Å². The Balaban J connectivity index is 1.65. The van der Waals surface area contributed by atoms with Gasteiger partial charge in [0.1, 0.15) is 0 Å². The fraction of sp³-hybridized carbons (Fsp3) is 0.200. The fourth-order valence-corrected chi connectivity index (χ4v) is 3.64. The van der Waals surface area contributed by atoms with Crippen molar-refractivity contribution in [3.63, 3.8) is 0 Å². The van der Waals surface area contributed by atoms with Crippen molar-refractivity contribution in [2.75, 3.05) is 11.9 Å². The number of fused-ring (bicyclic) bond motifs is 1. The van der Waals surface area contributed by atoms with Crippen molar-refractivity contribution in [2.45, 2.75) is 19.5 Å². The van der Waals surface area contributed by atoms with Gasteiger partial charge in [0.05, 0.1) is 6.04 Å². The average molecular weight is 348 g/mol. The first-order valence-corrected chi connectivity index (χ1v) is 8.82. The van der Waals surface area contributed by atoms with E-state index in [1.165, 1.54) is 11.3 Å². The average Bonchev–Trinajstić information content (AvgIpc) is 3.12. The van der Waals surface area contributed by atoms with Crippen LogP contribution in [0.5, 0.6) is 0 Å². The van der Waals surface area contributed by atoms with E-state index >= 15 is 0 Å². The molecule has 3 aromatic rings. The zero-order chi connectivity index (χ0) is 17.2. The Morgan fingerprint density at radius 1 is 1.12 bits per heavy atom. The zero-order valence-corrected chi connectivity index (χ0v) is 14.9. The number of hydrogen-bond donors (Lipinski definition) is 1. The van der Waals surface area contributed by atoms with E-state index in [9.17, 15) is 0 Å². The molecule has 1 aliphatic heterocycles. The van der Waals surface area contributed by atoms with E-state index in [4.69, 9.17) is 12.2 Å². The van der Waals surface area contributed by atoms with Crippen molar-refractivity contribution in [1.82, 2.24) is 14.5 Å². The van der Waals surface area contributed by atoms with E-state index in [1.807, 2.05) is 12.3 Å². The van der Waals surface area contributed by atoms with Crippen molar-refractivity contribution < 1.29 is 0 Å². The van der Waals surface area contributed by atoms with Gasteiger partial charge < -0.3 is 14.8 Å². The lowest BCUT2D eigenvalue weighted by molar-refractivity contribution is 0.293. The lowest BCUT2D eigenvalue weighted by atomic mass is 10.0. The van der Waals surface area contributed by atoms with Crippen molar-refractivity contribution in [3.8, 4) is 0 Å². The molecule has 126 valence electrons. The van der Waals surface area contributed by atoms with Crippen LogP contribution in [0, 0.1) is 6.92 Å². The molecule has 25 heavy (non-hydrogen) atoms. The third-order valence-electron chi connectivity index (χ3n) is 4.60. The van der Waals surface area contributed by atoms with Gasteiger partial charge in [0, 0.05) is 43.1 Å². The molecule has 1 N–H and O–H groups in total. The standard InChI is InChI=1S/C20H20N4S/c1-15-6-8-17(9-7-15)22-20(25)24-13-12-23-11-3-5-18(23)19(24)16-4-2-10-21-14-16/h2-11,14,19H,12-13H2,1H3,(H,22,25)/t19-/m0/s1. The molecule has 1 atom stereocenters. The van der Waals surface area contributed by atoms with Crippen molar-refractivity contribution in [1.29, 1.82) is 0 Å². The lowest BCUT2D eigenvalue weighted by Gasteiger charge is -2.38. The number of aryl methyl sites for hydroxylation is 1. The molecule has 0 saturated heterocycles. The summed E-state index contributed by atoms with van der Waals surface area (Å²) < 4.78 is 2.29. The van der Waals surface area contributed by atoms with Crippen LogP contribution in [0.2, 0.25) is 0 Å². The monoisotopic (exact) mass is 348 g/mol. The molecule has 4 nitrogen and oxygen atoms in total. The maximum Gasteiger partial charge on any atom is 0.174 e. The summed E-state index contributed by atoms with van der Waals surface area (Å²) in [5.41, 5.74) is 4.64. The zero-order valence-electron chi connectivity index (χ0n) is 14.1. The Hall–Kier alpha value is -2.66. The van der Waals surface area contributed by atoms with Crippen LogP contribution in [-0.4, -0.2) is 26.1 Å². The quantitative estimate of drug-likeness (QED) is 0.710. The topological polar surface area (TPSA) is 33.1 Å². The van der Waals surface area contributed by atoms with Gasteiger partial charge in [-0.2, -0.15) is 0 Å². The highest BCUT2D eigenvalue weighted by Crippen LogP contribution is 2.32. The molecule has 0 unspecified atom stereocenters. The molecular weight excluding hydrogens is 328 g/mol. The molecule has 1 aliphatic rings. The van der Waals surface area contributed by atoms with Crippen LogP contribution in [0.3, 0.4) is 0 Å². The number of rotatable bonds is 2. The Bertz CT molecular complexity index is 870. The van der Waals surface area contributed by atoms with Crippen LogP contribution in [0.25, 0.3) is 0 Å². The van der Waals surface area contributed by atoms with Gasteiger partial charge in [-0.3, -0.25) is 4.98 Å². The summed E-state index contributed by atoms with van der Waals surface area (Å²) in [5, 5.41) is 4.13. The second-order valence-electron chi connectivity index (χ2n) is 6.30. The van der Waals surface area contributed by atoms with Gasteiger partial charge in [0.25, 0.3) is 0 Å². The summed E-state index contributed by atoms with van der Waals surface area (Å²) in [6, 6.07) is 16.7. The van der Waals surface area contributed by atoms with E-state index in [2.05, 4.69) is 75.4 Å². The van der Waals surface area contributed by atoms with Crippen LogP contribution in [-0.2, 0) is 6.54 Å². The van der Waals surface area contributed by atoms with Gasteiger partial charge in [-0.25, -0.2) is 0 Å². The summed E-state index contributed by atoms with van der Waals surface area (Å²) in [7, 11) is 0. The minimum atomic E-state index is 0.0721. The summed E-state index contributed by atoms with van der Waals surface area (Å²) in [6.45, 7) is 3.87. The van der Waals surface area contributed by atoms with Crippen LogP contribution in [0.15, 0.2) is 67.1 Å². The van der Waals surface area contributed by atoms with Crippen LogP contribution in [0.1, 0.15) is 22.9 Å². The van der Waals surface area contributed by atoms with Gasteiger partial charge in [0.2, 0.25) is 0 Å². The minimum Gasteiger partial charge on any atom is -0.348 e. The van der Waals surface area contributed by atoms with Crippen molar-refractivity contribution in [2.24, 2.45) is 0 Å². The van der Waals surface area contributed by atoms with Gasteiger partial charge in [-0.15, -0.1) is 0 Å². The van der Waals surface area contributed by atoms with Crippen LogP contribution < -0.4 is 5.32 Å². The van der Waals surface area contributed by atoms with E-state index in [0.717, 1.165) is 29.5 Å². The minimum absolute atomic E-state index is 0.0721. The predicted octanol–water partition coefficient (Wildman–Crippen LogP) is 3.99. The van der Waals surface area contributed by atoms with Crippen molar-refractivity contribution in [3.05, 3.63) is 83.9 Å². The Morgan fingerprint density at radius 3 is 2.72 bits per heavy atom. The van der Waals surface area contributed by atoms with E-state index < -0.39 is 0 Å². The van der Waals surface area contributed by atoms with Crippen LogP contribution >= 0.6 is 12.2 Å². The number of thiocarbonyl (C=S) groups is 1. The molecule has 0 aliphatic carbocycles. The van der Waals surface area contributed by atoms with Gasteiger partial charge in [-0.1, -0.05) is 23.8 Å². The Morgan fingerprint density at radius 2 is 1.96 bits per heavy atom. The third kappa shape index (κ3) is 3.15. The van der Waals surface area contributed by atoms with Crippen molar-refractivity contribution >= 4 is 23.0 Å². The van der Waals surface area contributed by atoms with Gasteiger partial charge in [-0.05, 0) is 55.0 Å². The molecular formula is C20H20N4S. The summed E-state index contributed by atoms with van der Waals surface area (Å²) >= 11 is 5.75. The van der Waals surface area contributed by atoms with E-state index in [1.54, 1.807) is 6.20 Å². The number of hydrogen-bond acceptors (Lipinski definition) is 2. The van der Waals surface area contributed by atoms with Gasteiger partial charge in [0.15, 0.2) is 5.11 Å². The predicted molar refractivity (Wildman–Crippen MR) is 105 cm³/mol. The molecule has 0 radical (unpaired) electrons. The molecule has 0 fully saturated rings. The summed E-state index contributed by atoms with van der Waals surface area (Å²) in [4.78, 5) is 6.56. The molecule has 4 rings (SSSR count). The number of nitrogens with one attached hydrogen (secondary N) is 1.